The summed E-state index contributed by atoms with van der Waals surface area (Å²) in [4.78, 5) is 15.0. The van der Waals surface area contributed by atoms with Crippen molar-refractivity contribution in [2.75, 3.05) is 13.2 Å². The lowest BCUT2D eigenvalue weighted by Crippen LogP contribution is -2.10. The Kier molecular flexibility index (Phi) is 8.59. The van der Waals surface area contributed by atoms with E-state index >= 15 is 0 Å². The SMILES string of the molecule is Cc1cc(OC/C=C(\c2ccc(Cl)cc2)c2ccc(C#Cc3ccccn3)cc2)ccc1OCC(=O)O. The highest BCUT2D eigenvalue weighted by Crippen LogP contribution is 2.27. The van der Waals surface area contributed by atoms with Crippen LogP contribution < -0.4 is 9.47 Å². The van der Waals surface area contributed by atoms with Crippen LogP contribution in [0.25, 0.3) is 5.57 Å². The van der Waals surface area contributed by atoms with Gasteiger partial charge in [-0.05, 0) is 95.8 Å². The molecule has 0 aliphatic heterocycles. The number of hydrogen-bond acceptors (Lipinski definition) is 4. The monoisotopic (exact) mass is 509 g/mol. The van der Waals surface area contributed by atoms with Crippen molar-refractivity contribution >= 4 is 23.1 Å². The van der Waals surface area contributed by atoms with Crippen LogP contribution in [0.2, 0.25) is 5.02 Å². The molecule has 0 saturated carbocycles. The minimum atomic E-state index is -1.02. The van der Waals surface area contributed by atoms with Crippen LogP contribution >= 0.6 is 11.6 Å². The van der Waals surface area contributed by atoms with Gasteiger partial charge in [0, 0.05) is 16.8 Å². The Labute approximate surface area is 221 Å². The highest BCUT2D eigenvalue weighted by atomic mass is 35.5. The van der Waals surface area contributed by atoms with Gasteiger partial charge in [0.25, 0.3) is 0 Å². The van der Waals surface area contributed by atoms with Crippen LogP contribution in [0.15, 0.2) is 97.2 Å². The molecule has 0 aliphatic carbocycles. The standard InChI is InChI=1S/C31H24ClNO4/c1-22-20-28(15-16-30(22)37-21-31(34)35)36-19-17-29(25-10-12-26(32)13-11-25)24-8-5-23(6-9-24)7-14-27-4-2-3-18-33-27/h2-6,8-13,15-18,20H,19,21H2,1H3,(H,34,35)/b29-17-. The Balaban J connectivity index is 1.52. The highest BCUT2D eigenvalue weighted by molar-refractivity contribution is 6.30. The molecular weight excluding hydrogens is 486 g/mol. The molecule has 0 radical (unpaired) electrons. The quantitative estimate of drug-likeness (QED) is 0.278. The average molecular weight is 510 g/mol. The molecule has 5 nitrogen and oxygen atoms in total. The number of ether oxygens (including phenoxy) is 2. The molecule has 1 N–H and O–H groups in total. The molecule has 0 unspecified atom stereocenters. The second kappa shape index (κ2) is 12.4. The second-order valence-electron chi connectivity index (χ2n) is 8.09. The lowest BCUT2D eigenvalue weighted by Gasteiger charge is -2.12. The highest BCUT2D eigenvalue weighted by Gasteiger charge is 2.07. The summed E-state index contributed by atoms with van der Waals surface area (Å²) in [5.41, 5.74) is 5.43. The summed E-state index contributed by atoms with van der Waals surface area (Å²) in [7, 11) is 0. The first-order valence-corrected chi connectivity index (χ1v) is 11.9. The Morgan fingerprint density at radius 2 is 1.68 bits per heavy atom. The predicted molar refractivity (Wildman–Crippen MR) is 145 cm³/mol. The van der Waals surface area contributed by atoms with Gasteiger partial charge in [-0.3, -0.25) is 0 Å². The molecule has 0 amide bonds. The van der Waals surface area contributed by atoms with E-state index in [9.17, 15) is 4.79 Å². The summed E-state index contributed by atoms with van der Waals surface area (Å²) >= 11 is 6.11. The van der Waals surface area contributed by atoms with Crippen LogP contribution in [0.4, 0.5) is 0 Å². The van der Waals surface area contributed by atoms with E-state index in [-0.39, 0.29) is 6.61 Å². The van der Waals surface area contributed by atoms with Gasteiger partial charge in [0.1, 0.15) is 23.8 Å². The summed E-state index contributed by atoms with van der Waals surface area (Å²) in [6, 6.07) is 26.6. The van der Waals surface area contributed by atoms with Crippen LogP contribution in [-0.4, -0.2) is 29.3 Å². The molecule has 0 atom stereocenters. The van der Waals surface area contributed by atoms with Crippen molar-refractivity contribution < 1.29 is 19.4 Å². The van der Waals surface area contributed by atoms with E-state index < -0.39 is 5.97 Å². The zero-order valence-electron chi connectivity index (χ0n) is 20.1. The molecule has 4 rings (SSSR count). The van der Waals surface area contributed by atoms with Gasteiger partial charge in [-0.2, -0.15) is 0 Å². The van der Waals surface area contributed by atoms with Crippen molar-refractivity contribution in [2.45, 2.75) is 6.92 Å². The van der Waals surface area contributed by atoms with Crippen molar-refractivity contribution in [1.29, 1.82) is 0 Å². The fraction of sp³-hybridized carbons (Fsp3) is 0.0968. The molecule has 37 heavy (non-hydrogen) atoms. The third-order valence-electron chi connectivity index (χ3n) is 5.39. The molecule has 0 saturated heterocycles. The van der Waals surface area contributed by atoms with E-state index in [1.54, 1.807) is 18.3 Å². The molecule has 0 bridgehead atoms. The lowest BCUT2D eigenvalue weighted by molar-refractivity contribution is -0.139. The number of halogens is 1. The molecule has 1 aromatic heterocycles. The fourth-order valence-electron chi connectivity index (χ4n) is 3.57. The number of carboxylic acids is 1. The number of aliphatic carboxylic acids is 1. The van der Waals surface area contributed by atoms with Crippen molar-refractivity contribution in [2.24, 2.45) is 0 Å². The molecular formula is C31H24ClNO4. The van der Waals surface area contributed by atoms with Crippen LogP contribution in [0.1, 0.15) is 27.9 Å². The maximum Gasteiger partial charge on any atom is 0.341 e. The summed E-state index contributed by atoms with van der Waals surface area (Å²) in [5.74, 6) is 6.37. The lowest BCUT2D eigenvalue weighted by atomic mass is 9.97. The van der Waals surface area contributed by atoms with Gasteiger partial charge in [-0.1, -0.05) is 47.9 Å². The molecule has 0 spiro atoms. The van der Waals surface area contributed by atoms with Gasteiger partial charge in [0.15, 0.2) is 6.61 Å². The maximum absolute atomic E-state index is 10.7. The number of carboxylic acid groups (broad SMARTS) is 1. The van der Waals surface area contributed by atoms with Crippen LogP contribution in [0, 0.1) is 18.8 Å². The van der Waals surface area contributed by atoms with E-state index in [1.165, 1.54) is 0 Å². The van der Waals surface area contributed by atoms with Gasteiger partial charge in [-0.25, -0.2) is 9.78 Å². The Morgan fingerprint density at radius 1 is 0.946 bits per heavy atom. The largest absolute Gasteiger partial charge is 0.489 e. The molecule has 3 aromatic carbocycles. The number of nitrogens with zero attached hydrogens (tertiary/aromatic N) is 1. The molecule has 6 heteroatoms. The van der Waals surface area contributed by atoms with Gasteiger partial charge in [-0.15, -0.1) is 0 Å². The number of aromatic nitrogens is 1. The zero-order chi connectivity index (χ0) is 26.0. The van der Waals surface area contributed by atoms with E-state index in [0.29, 0.717) is 23.1 Å². The first-order valence-electron chi connectivity index (χ1n) is 11.6. The van der Waals surface area contributed by atoms with Crippen molar-refractivity contribution in [3.05, 3.63) is 130 Å². The summed E-state index contributed by atoms with van der Waals surface area (Å²) in [6.45, 7) is 1.78. The smallest absolute Gasteiger partial charge is 0.341 e. The number of benzene rings is 3. The minimum Gasteiger partial charge on any atom is -0.489 e. The summed E-state index contributed by atoms with van der Waals surface area (Å²) in [6.07, 6.45) is 3.74. The van der Waals surface area contributed by atoms with E-state index in [0.717, 1.165) is 33.5 Å². The molecule has 0 fully saturated rings. The zero-order valence-corrected chi connectivity index (χ0v) is 20.9. The van der Waals surface area contributed by atoms with E-state index in [2.05, 4.69) is 16.8 Å². The number of carbonyl (C=O) groups is 1. The van der Waals surface area contributed by atoms with Crippen molar-refractivity contribution in [3.63, 3.8) is 0 Å². The van der Waals surface area contributed by atoms with Gasteiger partial charge in [0.2, 0.25) is 0 Å². The van der Waals surface area contributed by atoms with Gasteiger partial charge < -0.3 is 14.6 Å². The molecule has 1 heterocycles. The Morgan fingerprint density at radius 3 is 2.32 bits per heavy atom. The number of pyridine rings is 1. The summed E-state index contributed by atoms with van der Waals surface area (Å²) in [5, 5.41) is 9.47. The van der Waals surface area contributed by atoms with Crippen LogP contribution in [-0.2, 0) is 4.79 Å². The van der Waals surface area contributed by atoms with Gasteiger partial charge in [0.05, 0.1) is 0 Å². The van der Waals surface area contributed by atoms with E-state index in [1.807, 2.05) is 85.8 Å². The molecule has 4 aromatic rings. The molecule has 184 valence electrons. The maximum atomic E-state index is 10.7. The first-order chi connectivity index (χ1) is 18.0. The third-order valence-corrected chi connectivity index (χ3v) is 5.64. The second-order valence-corrected chi connectivity index (χ2v) is 8.52. The Bertz CT molecular complexity index is 1450. The average Bonchev–Trinajstić information content (AvgIpc) is 2.91. The topological polar surface area (TPSA) is 68.7 Å². The number of rotatable bonds is 8. The third kappa shape index (κ3) is 7.47. The predicted octanol–water partition coefficient (Wildman–Crippen LogP) is 6.42. The Hall–Kier alpha value is -4.53. The van der Waals surface area contributed by atoms with Gasteiger partial charge >= 0.3 is 5.97 Å². The van der Waals surface area contributed by atoms with Crippen LogP contribution in [0.5, 0.6) is 11.5 Å². The number of hydrogen-bond donors (Lipinski definition) is 1. The normalized spacial score (nSPS) is 10.8. The molecule has 0 aliphatic rings. The number of aryl methyl sites for hydroxylation is 1. The minimum absolute atomic E-state index is 0.327. The summed E-state index contributed by atoms with van der Waals surface area (Å²) < 4.78 is 11.3. The fourth-order valence-corrected chi connectivity index (χ4v) is 3.70. The van der Waals surface area contributed by atoms with Crippen molar-refractivity contribution in [3.8, 4) is 23.3 Å². The van der Waals surface area contributed by atoms with E-state index in [4.69, 9.17) is 26.2 Å². The first kappa shape index (κ1) is 25.6. The van der Waals surface area contributed by atoms with Crippen molar-refractivity contribution in [1.82, 2.24) is 4.98 Å². The van der Waals surface area contributed by atoms with Crippen LogP contribution in [0.3, 0.4) is 0 Å².